The number of anilines is 1. The van der Waals surface area contributed by atoms with E-state index in [2.05, 4.69) is 5.32 Å². The largest absolute Gasteiger partial charge is 0.357 e. The van der Waals surface area contributed by atoms with E-state index in [1.165, 1.54) is 0 Å². The SMILES string of the molecule is CNC(=O)C1Cc2ccccc2N1C(=O)c1ccc(-c2ccccc2)cc1. The van der Waals surface area contributed by atoms with Crippen LogP contribution in [0, 0.1) is 0 Å². The highest BCUT2D eigenvalue weighted by molar-refractivity contribution is 6.11. The van der Waals surface area contributed by atoms with Crippen LogP contribution in [0.1, 0.15) is 15.9 Å². The quantitative estimate of drug-likeness (QED) is 0.778. The molecule has 1 heterocycles. The number of carbonyl (C=O) groups excluding carboxylic acids is 2. The number of nitrogens with one attached hydrogen (secondary N) is 1. The third-order valence-corrected chi connectivity index (χ3v) is 4.98. The normalized spacial score (nSPS) is 15.3. The summed E-state index contributed by atoms with van der Waals surface area (Å²) >= 11 is 0. The summed E-state index contributed by atoms with van der Waals surface area (Å²) in [6, 6.07) is 24.7. The van der Waals surface area contributed by atoms with Crippen molar-refractivity contribution < 1.29 is 9.59 Å². The van der Waals surface area contributed by atoms with E-state index in [0.29, 0.717) is 12.0 Å². The van der Waals surface area contributed by atoms with Crippen molar-refractivity contribution in [3.63, 3.8) is 0 Å². The number of hydrogen-bond acceptors (Lipinski definition) is 2. The van der Waals surface area contributed by atoms with Gasteiger partial charge in [-0.05, 0) is 34.9 Å². The summed E-state index contributed by atoms with van der Waals surface area (Å²) in [5, 5.41) is 2.68. The van der Waals surface area contributed by atoms with Gasteiger partial charge in [-0.15, -0.1) is 0 Å². The molecular weight excluding hydrogens is 336 g/mol. The first-order chi connectivity index (χ1) is 13.2. The van der Waals surface area contributed by atoms with E-state index in [1.54, 1.807) is 11.9 Å². The number of carbonyl (C=O) groups is 2. The Morgan fingerprint density at radius 3 is 2.19 bits per heavy atom. The molecule has 3 aromatic carbocycles. The van der Waals surface area contributed by atoms with Crippen LogP contribution >= 0.6 is 0 Å². The van der Waals surface area contributed by atoms with Crippen LogP contribution in [0.5, 0.6) is 0 Å². The van der Waals surface area contributed by atoms with Crippen LogP contribution in [0.15, 0.2) is 78.9 Å². The Labute approximate surface area is 158 Å². The molecule has 1 aliphatic heterocycles. The second-order valence-electron chi connectivity index (χ2n) is 6.58. The topological polar surface area (TPSA) is 49.4 Å². The van der Waals surface area contributed by atoms with Crippen LogP contribution in [0.2, 0.25) is 0 Å². The smallest absolute Gasteiger partial charge is 0.259 e. The lowest BCUT2D eigenvalue weighted by Gasteiger charge is -2.24. The van der Waals surface area contributed by atoms with Gasteiger partial charge in [-0.2, -0.15) is 0 Å². The zero-order valence-electron chi connectivity index (χ0n) is 15.1. The summed E-state index contributed by atoms with van der Waals surface area (Å²) in [7, 11) is 1.60. The van der Waals surface area contributed by atoms with Gasteiger partial charge >= 0.3 is 0 Å². The summed E-state index contributed by atoms with van der Waals surface area (Å²) in [6.45, 7) is 0. The first-order valence-electron chi connectivity index (χ1n) is 8.97. The van der Waals surface area contributed by atoms with Gasteiger partial charge in [0, 0.05) is 24.7 Å². The van der Waals surface area contributed by atoms with Gasteiger partial charge in [0.2, 0.25) is 5.91 Å². The molecule has 4 rings (SSSR count). The molecule has 0 radical (unpaired) electrons. The fourth-order valence-corrected chi connectivity index (χ4v) is 3.59. The predicted molar refractivity (Wildman–Crippen MR) is 107 cm³/mol. The third kappa shape index (κ3) is 3.10. The number of hydrogen-bond donors (Lipinski definition) is 1. The van der Waals surface area contributed by atoms with Crippen LogP contribution in [-0.2, 0) is 11.2 Å². The van der Waals surface area contributed by atoms with Crippen molar-refractivity contribution in [2.45, 2.75) is 12.5 Å². The number of likely N-dealkylation sites (N-methyl/N-ethyl adjacent to an activating group) is 1. The number of benzene rings is 3. The highest BCUT2D eigenvalue weighted by Gasteiger charge is 2.38. The number of amides is 2. The summed E-state index contributed by atoms with van der Waals surface area (Å²) in [6.07, 6.45) is 0.531. The molecule has 0 bridgehead atoms. The number of para-hydroxylation sites is 1. The Bertz CT molecular complexity index is 981. The molecular formula is C23H20N2O2. The van der Waals surface area contributed by atoms with Gasteiger partial charge in [0.1, 0.15) is 6.04 Å². The molecule has 3 aromatic rings. The van der Waals surface area contributed by atoms with Gasteiger partial charge in [0.05, 0.1) is 0 Å². The molecule has 1 unspecified atom stereocenters. The minimum absolute atomic E-state index is 0.152. The van der Waals surface area contributed by atoms with E-state index in [4.69, 9.17) is 0 Å². The Morgan fingerprint density at radius 2 is 1.48 bits per heavy atom. The van der Waals surface area contributed by atoms with Crippen molar-refractivity contribution in [3.8, 4) is 11.1 Å². The monoisotopic (exact) mass is 356 g/mol. The standard InChI is InChI=1S/C23H20N2O2/c1-24-22(26)21-15-19-9-5-6-10-20(19)25(21)23(27)18-13-11-17(12-14-18)16-7-3-2-4-8-16/h2-14,21H,15H2,1H3,(H,24,26). The van der Waals surface area contributed by atoms with Crippen molar-refractivity contribution in [1.82, 2.24) is 5.32 Å². The van der Waals surface area contributed by atoms with Gasteiger partial charge in [-0.1, -0.05) is 60.7 Å². The molecule has 4 heteroatoms. The zero-order valence-corrected chi connectivity index (χ0v) is 15.1. The van der Waals surface area contributed by atoms with Crippen LogP contribution in [-0.4, -0.2) is 24.9 Å². The van der Waals surface area contributed by atoms with E-state index >= 15 is 0 Å². The molecule has 1 aliphatic rings. The fourth-order valence-electron chi connectivity index (χ4n) is 3.59. The van der Waals surface area contributed by atoms with Gasteiger partial charge in [0.25, 0.3) is 5.91 Å². The van der Waals surface area contributed by atoms with Crippen LogP contribution in [0.25, 0.3) is 11.1 Å². The minimum atomic E-state index is -0.520. The maximum Gasteiger partial charge on any atom is 0.259 e. The summed E-state index contributed by atoms with van der Waals surface area (Å²) in [5.41, 5.74) is 4.55. The maximum atomic E-state index is 13.2. The molecule has 0 spiro atoms. The van der Waals surface area contributed by atoms with Crippen molar-refractivity contribution in [3.05, 3.63) is 90.0 Å². The van der Waals surface area contributed by atoms with E-state index in [9.17, 15) is 9.59 Å². The predicted octanol–water partition coefficient (Wildman–Crippen LogP) is 3.67. The fraction of sp³-hybridized carbons (Fsp3) is 0.130. The van der Waals surface area contributed by atoms with Gasteiger partial charge in [-0.3, -0.25) is 14.5 Å². The van der Waals surface area contributed by atoms with Gasteiger partial charge < -0.3 is 5.32 Å². The maximum absolute atomic E-state index is 13.2. The molecule has 27 heavy (non-hydrogen) atoms. The molecule has 0 aliphatic carbocycles. The van der Waals surface area contributed by atoms with Gasteiger partial charge in [0.15, 0.2) is 0 Å². The van der Waals surface area contributed by atoms with Crippen molar-refractivity contribution >= 4 is 17.5 Å². The molecule has 0 saturated heterocycles. The Hall–Kier alpha value is -3.40. The summed E-state index contributed by atoms with van der Waals surface area (Å²) in [5.74, 6) is -0.311. The van der Waals surface area contributed by atoms with E-state index in [1.807, 2.05) is 78.9 Å². The molecule has 0 aromatic heterocycles. The number of nitrogens with zero attached hydrogens (tertiary/aromatic N) is 1. The van der Waals surface area contributed by atoms with Crippen molar-refractivity contribution in [2.24, 2.45) is 0 Å². The zero-order chi connectivity index (χ0) is 18.8. The molecule has 134 valence electrons. The van der Waals surface area contributed by atoms with Crippen LogP contribution in [0.3, 0.4) is 0 Å². The second-order valence-corrected chi connectivity index (χ2v) is 6.58. The Morgan fingerprint density at radius 1 is 0.852 bits per heavy atom. The average Bonchev–Trinajstić information content (AvgIpc) is 3.13. The molecule has 1 N–H and O–H groups in total. The van der Waals surface area contributed by atoms with E-state index < -0.39 is 6.04 Å². The minimum Gasteiger partial charge on any atom is -0.357 e. The highest BCUT2D eigenvalue weighted by atomic mass is 16.2. The Kier molecular flexibility index (Phi) is 4.47. The molecule has 1 atom stereocenters. The second kappa shape index (κ2) is 7.08. The molecule has 0 saturated carbocycles. The lowest BCUT2D eigenvalue weighted by atomic mass is 10.0. The molecule has 2 amide bonds. The van der Waals surface area contributed by atoms with Gasteiger partial charge in [-0.25, -0.2) is 0 Å². The first kappa shape index (κ1) is 17.0. The summed E-state index contributed by atoms with van der Waals surface area (Å²) in [4.78, 5) is 27.2. The first-order valence-corrected chi connectivity index (χ1v) is 8.97. The van der Waals surface area contributed by atoms with E-state index in [-0.39, 0.29) is 11.8 Å². The number of rotatable bonds is 3. The number of fused-ring (bicyclic) bond motifs is 1. The molecule has 0 fully saturated rings. The average molecular weight is 356 g/mol. The lowest BCUT2D eigenvalue weighted by Crippen LogP contribution is -2.47. The van der Waals surface area contributed by atoms with E-state index in [0.717, 1.165) is 22.4 Å². The highest BCUT2D eigenvalue weighted by Crippen LogP contribution is 2.33. The third-order valence-electron chi connectivity index (χ3n) is 4.98. The molecule has 4 nitrogen and oxygen atoms in total. The van der Waals surface area contributed by atoms with Crippen LogP contribution < -0.4 is 10.2 Å². The van der Waals surface area contributed by atoms with Crippen LogP contribution in [0.4, 0.5) is 5.69 Å². The Balaban J connectivity index is 1.67. The lowest BCUT2D eigenvalue weighted by molar-refractivity contribution is -0.121. The summed E-state index contributed by atoms with van der Waals surface area (Å²) < 4.78 is 0. The van der Waals surface area contributed by atoms with Crippen molar-refractivity contribution in [2.75, 3.05) is 11.9 Å². The van der Waals surface area contributed by atoms with Crippen molar-refractivity contribution in [1.29, 1.82) is 0 Å².